The highest BCUT2D eigenvalue weighted by Gasteiger charge is 2.42. The van der Waals surface area contributed by atoms with Crippen LogP contribution in [0.5, 0.6) is 0 Å². The molecule has 2 N–H and O–H groups in total. The molecule has 2 atom stereocenters. The predicted octanol–water partition coefficient (Wildman–Crippen LogP) is 2.40. The summed E-state index contributed by atoms with van der Waals surface area (Å²) >= 11 is 0. The second-order valence-corrected chi connectivity index (χ2v) is 6.10. The molecular formula is C16H22N2O. The maximum absolute atomic E-state index is 12.9. The Morgan fingerprint density at radius 2 is 1.68 bits per heavy atom. The van der Waals surface area contributed by atoms with Crippen LogP contribution in [0.4, 0.5) is 0 Å². The number of rotatable bonds is 1. The fraction of sp³-hybridized carbons (Fsp3) is 0.562. The van der Waals surface area contributed by atoms with E-state index in [2.05, 4.69) is 4.90 Å². The molecule has 2 unspecified atom stereocenters. The van der Waals surface area contributed by atoms with Crippen LogP contribution >= 0.6 is 0 Å². The quantitative estimate of drug-likeness (QED) is 0.840. The number of hydrogen-bond acceptors (Lipinski definition) is 2. The summed E-state index contributed by atoms with van der Waals surface area (Å²) < 4.78 is 0. The number of nitrogens with two attached hydrogens (primary N) is 1. The molecule has 0 aromatic heterocycles. The molecule has 3 nitrogen and oxygen atoms in total. The number of carbonyl (C=O) groups excluding carboxylic acids is 1. The molecule has 2 aliphatic heterocycles. The third-order valence-corrected chi connectivity index (χ3v) is 4.70. The van der Waals surface area contributed by atoms with E-state index in [-0.39, 0.29) is 11.9 Å². The summed E-state index contributed by atoms with van der Waals surface area (Å²) in [4.78, 5) is 15.0. The molecule has 0 radical (unpaired) electrons. The maximum atomic E-state index is 12.9. The molecular weight excluding hydrogens is 236 g/mol. The third-order valence-electron chi connectivity index (χ3n) is 4.70. The second kappa shape index (κ2) is 4.64. The Balaban J connectivity index is 1.93. The van der Waals surface area contributed by atoms with Gasteiger partial charge in [0.15, 0.2) is 0 Å². The molecule has 1 aromatic rings. The molecule has 1 amide bonds. The summed E-state index contributed by atoms with van der Waals surface area (Å²) in [5.41, 5.74) is 9.14. The van der Waals surface area contributed by atoms with Crippen molar-refractivity contribution >= 4 is 5.91 Å². The van der Waals surface area contributed by atoms with E-state index in [0.29, 0.717) is 12.1 Å². The molecule has 0 spiro atoms. The summed E-state index contributed by atoms with van der Waals surface area (Å²) in [6.07, 6.45) is 4.17. The lowest BCUT2D eigenvalue weighted by Gasteiger charge is -2.38. The van der Waals surface area contributed by atoms with E-state index in [4.69, 9.17) is 5.73 Å². The van der Waals surface area contributed by atoms with Crippen LogP contribution < -0.4 is 5.73 Å². The van der Waals surface area contributed by atoms with Gasteiger partial charge in [0.2, 0.25) is 0 Å². The summed E-state index contributed by atoms with van der Waals surface area (Å²) in [7, 11) is 0. The first-order chi connectivity index (χ1) is 9.08. The third kappa shape index (κ3) is 2.06. The second-order valence-electron chi connectivity index (χ2n) is 6.10. The van der Waals surface area contributed by atoms with E-state index in [1.807, 2.05) is 32.0 Å². The fourth-order valence-corrected chi connectivity index (χ4v) is 3.83. The molecule has 3 heteroatoms. The van der Waals surface area contributed by atoms with Crippen LogP contribution in [0.3, 0.4) is 0 Å². The van der Waals surface area contributed by atoms with Gasteiger partial charge < -0.3 is 10.6 Å². The lowest BCUT2D eigenvalue weighted by Crippen LogP contribution is -2.50. The van der Waals surface area contributed by atoms with Crippen molar-refractivity contribution < 1.29 is 4.79 Å². The molecule has 0 aliphatic carbocycles. The van der Waals surface area contributed by atoms with E-state index < -0.39 is 0 Å². The number of fused-ring (bicyclic) bond motifs is 2. The largest absolute Gasteiger partial charge is 0.333 e. The monoisotopic (exact) mass is 258 g/mol. The normalized spacial score (nSPS) is 29.6. The van der Waals surface area contributed by atoms with Crippen LogP contribution in [-0.4, -0.2) is 28.9 Å². The average molecular weight is 258 g/mol. The Kier molecular flexibility index (Phi) is 3.09. The lowest BCUT2D eigenvalue weighted by atomic mass is 9.95. The fourth-order valence-electron chi connectivity index (χ4n) is 3.83. The standard InChI is InChI=1S/C16H22N2O/c1-10-4-3-5-11(2)15(10)16(19)18-13-6-7-14(18)9-12(17)8-13/h3-5,12-14H,6-9,17H2,1-2H3. The number of nitrogens with zero attached hydrogens (tertiary/aromatic N) is 1. The van der Waals surface area contributed by atoms with Gasteiger partial charge in [-0.15, -0.1) is 0 Å². The van der Waals surface area contributed by atoms with Gasteiger partial charge in [0.25, 0.3) is 5.91 Å². The lowest BCUT2D eigenvalue weighted by molar-refractivity contribution is 0.0573. The zero-order valence-electron chi connectivity index (χ0n) is 11.7. The van der Waals surface area contributed by atoms with E-state index in [1.54, 1.807) is 0 Å². The molecule has 102 valence electrons. The molecule has 3 rings (SSSR count). The molecule has 2 heterocycles. The van der Waals surface area contributed by atoms with Crippen molar-refractivity contribution in [3.8, 4) is 0 Å². The van der Waals surface area contributed by atoms with E-state index in [0.717, 1.165) is 42.4 Å². The summed E-state index contributed by atoms with van der Waals surface area (Å²) in [5, 5.41) is 0. The summed E-state index contributed by atoms with van der Waals surface area (Å²) in [6, 6.07) is 7.07. The first-order valence-electron chi connectivity index (χ1n) is 7.22. The van der Waals surface area contributed by atoms with Crippen molar-refractivity contribution in [1.29, 1.82) is 0 Å². The number of amides is 1. The first-order valence-corrected chi connectivity index (χ1v) is 7.22. The van der Waals surface area contributed by atoms with Crippen LogP contribution in [0.1, 0.15) is 47.2 Å². The molecule has 0 saturated carbocycles. The predicted molar refractivity (Wildman–Crippen MR) is 76.1 cm³/mol. The first kappa shape index (κ1) is 12.7. The Hall–Kier alpha value is -1.35. The highest BCUT2D eigenvalue weighted by Crippen LogP contribution is 2.36. The highest BCUT2D eigenvalue weighted by molar-refractivity contribution is 5.97. The van der Waals surface area contributed by atoms with Crippen molar-refractivity contribution in [2.24, 2.45) is 5.73 Å². The van der Waals surface area contributed by atoms with Crippen LogP contribution in [0.25, 0.3) is 0 Å². The van der Waals surface area contributed by atoms with Gasteiger partial charge in [-0.25, -0.2) is 0 Å². The van der Waals surface area contributed by atoms with Gasteiger partial charge in [0.05, 0.1) is 0 Å². The van der Waals surface area contributed by atoms with Crippen LogP contribution in [0.15, 0.2) is 18.2 Å². The SMILES string of the molecule is Cc1cccc(C)c1C(=O)N1C2CCC1CC(N)C2. The van der Waals surface area contributed by atoms with Crippen LogP contribution in [-0.2, 0) is 0 Å². The van der Waals surface area contributed by atoms with Crippen molar-refractivity contribution in [3.63, 3.8) is 0 Å². The van der Waals surface area contributed by atoms with E-state index >= 15 is 0 Å². The van der Waals surface area contributed by atoms with Gasteiger partial charge in [-0.05, 0) is 50.7 Å². The molecule has 1 aromatic carbocycles. The zero-order valence-corrected chi connectivity index (χ0v) is 11.7. The van der Waals surface area contributed by atoms with Crippen molar-refractivity contribution in [2.45, 2.75) is 57.7 Å². The van der Waals surface area contributed by atoms with E-state index in [1.165, 1.54) is 0 Å². The van der Waals surface area contributed by atoms with Gasteiger partial charge in [0.1, 0.15) is 0 Å². The molecule has 2 bridgehead atoms. The van der Waals surface area contributed by atoms with Crippen LogP contribution in [0, 0.1) is 13.8 Å². The average Bonchev–Trinajstić information content (AvgIpc) is 2.61. The topological polar surface area (TPSA) is 46.3 Å². The van der Waals surface area contributed by atoms with Gasteiger partial charge in [-0.1, -0.05) is 18.2 Å². The number of carbonyl (C=O) groups is 1. The minimum absolute atomic E-state index is 0.218. The Labute approximate surface area is 114 Å². The number of piperidine rings is 1. The van der Waals surface area contributed by atoms with E-state index in [9.17, 15) is 4.79 Å². The highest BCUT2D eigenvalue weighted by atomic mass is 16.2. The Morgan fingerprint density at radius 1 is 1.16 bits per heavy atom. The van der Waals surface area contributed by atoms with Crippen molar-refractivity contribution in [3.05, 3.63) is 34.9 Å². The Morgan fingerprint density at radius 3 is 2.21 bits per heavy atom. The smallest absolute Gasteiger partial charge is 0.254 e. The molecule has 2 saturated heterocycles. The molecule has 19 heavy (non-hydrogen) atoms. The number of aryl methyl sites for hydroxylation is 2. The molecule has 2 fully saturated rings. The minimum atomic E-state index is 0.218. The zero-order chi connectivity index (χ0) is 13.6. The number of benzene rings is 1. The molecule has 2 aliphatic rings. The van der Waals surface area contributed by atoms with Gasteiger partial charge >= 0.3 is 0 Å². The maximum Gasteiger partial charge on any atom is 0.254 e. The van der Waals surface area contributed by atoms with Gasteiger partial charge in [-0.2, -0.15) is 0 Å². The van der Waals surface area contributed by atoms with Gasteiger partial charge in [0, 0.05) is 23.7 Å². The van der Waals surface area contributed by atoms with Gasteiger partial charge in [-0.3, -0.25) is 4.79 Å². The number of hydrogen-bond donors (Lipinski definition) is 1. The summed E-state index contributed by atoms with van der Waals surface area (Å²) in [5.74, 6) is 0.218. The van der Waals surface area contributed by atoms with Crippen molar-refractivity contribution in [2.75, 3.05) is 0 Å². The minimum Gasteiger partial charge on any atom is -0.333 e. The van der Waals surface area contributed by atoms with Crippen LogP contribution in [0.2, 0.25) is 0 Å². The summed E-state index contributed by atoms with van der Waals surface area (Å²) in [6.45, 7) is 4.05. The Bertz CT molecular complexity index is 477. The van der Waals surface area contributed by atoms with Crippen molar-refractivity contribution in [1.82, 2.24) is 4.90 Å².